The van der Waals surface area contributed by atoms with E-state index in [2.05, 4.69) is 25.3 Å². The van der Waals surface area contributed by atoms with E-state index < -0.39 is 11.7 Å². The molecule has 0 saturated carbocycles. The van der Waals surface area contributed by atoms with Gasteiger partial charge in [-0.25, -0.2) is 15.0 Å². The summed E-state index contributed by atoms with van der Waals surface area (Å²) in [6, 6.07) is 10.6. The van der Waals surface area contributed by atoms with Gasteiger partial charge in [-0.2, -0.15) is 13.2 Å². The van der Waals surface area contributed by atoms with Crippen molar-refractivity contribution in [2.24, 2.45) is 0 Å². The normalized spacial score (nSPS) is 11.7. The summed E-state index contributed by atoms with van der Waals surface area (Å²) in [7, 11) is 0. The number of hydrogen-bond donors (Lipinski definition) is 2. The molecule has 0 radical (unpaired) electrons. The maximum atomic E-state index is 12.9. The van der Waals surface area contributed by atoms with Crippen molar-refractivity contribution >= 4 is 22.7 Å². The molecule has 5 nitrogen and oxygen atoms in total. The van der Waals surface area contributed by atoms with Gasteiger partial charge in [0.05, 0.1) is 28.6 Å². The van der Waals surface area contributed by atoms with Crippen LogP contribution in [0.1, 0.15) is 11.1 Å². The number of H-pyrrole nitrogens is 1. The molecule has 0 unspecified atom stereocenters. The average molecular weight is 369 g/mol. The van der Waals surface area contributed by atoms with Crippen molar-refractivity contribution in [2.45, 2.75) is 13.1 Å². The summed E-state index contributed by atoms with van der Waals surface area (Å²) in [4.78, 5) is 15.8. The van der Waals surface area contributed by atoms with E-state index in [1.807, 2.05) is 19.1 Å². The first kappa shape index (κ1) is 17.0. The number of anilines is 2. The largest absolute Gasteiger partial charge is 0.416 e. The van der Waals surface area contributed by atoms with Crippen LogP contribution in [0.3, 0.4) is 0 Å². The molecule has 2 heterocycles. The van der Waals surface area contributed by atoms with Gasteiger partial charge in [0.15, 0.2) is 0 Å². The fourth-order valence-electron chi connectivity index (χ4n) is 2.83. The van der Waals surface area contributed by atoms with Gasteiger partial charge in [-0.05, 0) is 48.9 Å². The highest BCUT2D eigenvalue weighted by Crippen LogP contribution is 2.31. The maximum Gasteiger partial charge on any atom is 0.416 e. The molecule has 2 aromatic heterocycles. The number of imidazole rings is 1. The third-order valence-electron chi connectivity index (χ3n) is 4.14. The molecule has 0 fully saturated rings. The Bertz CT molecular complexity index is 1120. The number of rotatable bonds is 3. The zero-order chi connectivity index (χ0) is 19.0. The van der Waals surface area contributed by atoms with Gasteiger partial charge in [0, 0.05) is 17.4 Å². The van der Waals surface area contributed by atoms with E-state index in [9.17, 15) is 13.2 Å². The first-order valence-corrected chi connectivity index (χ1v) is 8.11. The smallest absolute Gasteiger partial charge is 0.345 e. The third-order valence-corrected chi connectivity index (χ3v) is 4.14. The second-order valence-corrected chi connectivity index (χ2v) is 6.06. The Balaban J connectivity index is 1.67. The number of aryl methyl sites for hydroxylation is 1. The number of benzene rings is 2. The highest BCUT2D eigenvalue weighted by atomic mass is 19.4. The van der Waals surface area contributed by atoms with Crippen molar-refractivity contribution in [1.82, 2.24) is 19.9 Å². The molecule has 0 saturated heterocycles. The minimum absolute atomic E-state index is 0.218. The van der Waals surface area contributed by atoms with Crippen molar-refractivity contribution in [1.29, 1.82) is 0 Å². The highest BCUT2D eigenvalue weighted by Gasteiger charge is 2.30. The fraction of sp³-hybridized carbons (Fsp3) is 0.105. The summed E-state index contributed by atoms with van der Waals surface area (Å²) in [6.45, 7) is 1.95. The molecule has 0 aliphatic rings. The van der Waals surface area contributed by atoms with Gasteiger partial charge in [0.25, 0.3) is 0 Å². The van der Waals surface area contributed by atoms with Crippen LogP contribution in [0.5, 0.6) is 0 Å². The second-order valence-electron chi connectivity index (χ2n) is 6.06. The quantitative estimate of drug-likeness (QED) is 0.528. The zero-order valence-electron chi connectivity index (χ0n) is 14.2. The Morgan fingerprint density at radius 1 is 1.04 bits per heavy atom. The number of hydrogen-bond acceptors (Lipinski definition) is 4. The Kier molecular flexibility index (Phi) is 4.02. The number of halogens is 3. The summed E-state index contributed by atoms with van der Waals surface area (Å²) in [5, 5.41) is 2.84. The van der Waals surface area contributed by atoms with E-state index in [0.29, 0.717) is 5.69 Å². The second kappa shape index (κ2) is 6.39. The number of aromatic amines is 1. The minimum atomic E-state index is -4.41. The Morgan fingerprint density at radius 2 is 1.89 bits per heavy atom. The molecule has 0 atom stereocenters. The summed E-state index contributed by atoms with van der Waals surface area (Å²) >= 11 is 0. The van der Waals surface area contributed by atoms with Crippen LogP contribution in [0, 0.1) is 6.92 Å². The molecule has 0 amide bonds. The molecule has 4 rings (SSSR count). The van der Waals surface area contributed by atoms with E-state index in [1.165, 1.54) is 12.1 Å². The molecular formula is C19H14F3N5. The van der Waals surface area contributed by atoms with E-state index in [-0.39, 0.29) is 11.6 Å². The van der Waals surface area contributed by atoms with Crippen LogP contribution in [-0.4, -0.2) is 19.9 Å². The molecule has 0 aliphatic carbocycles. The van der Waals surface area contributed by atoms with Crippen molar-refractivity contribution < 1.29 is 13.2 Å². The van der Waals surface area contributed by atoms with E-state index in [4.69, 9.17) is 0 Å². The number of alkyl halides is 3. The maximum absolute atomic E-state index is 12.9. The average Bonchev–Trinajstić information content (AvgIpc) is 3.08. The van der Waals surface area contributed by atoms with E-state index in [0.717, 1.165) is 34.3 Å². The summed E-state index contributed by atoms with van der Waals surface area (Å²) in [6.07, 6.45) is -1.22. The van der Waals surface area contributed by atoms with Crippen LogP contribution in [0.4, 0.5) is 24.8 Å². The molecule has 0 bridgehead atoms. The van der Waals surface area contributed by atoms with E-state index >= 15 is 0 Å². The van der Waals surface area contributed by atoms with Gasteiger partial charge >= 0.3 is 6.18 Å². The van der Waals surface area contributed by atoms with E-state index in [1.54, 1.807) is 18.6 Å². The van der Waals surface area contributed by atoms with Crippen LogP contribution in [0.25, 0.3) is 22.3 Å². The molecule has 136 valence electrons. The predicted molar refractivity (Wildman–Crippen MR) is 96.6 cm³/mol. The molecule has 2 aromatic carbocycles. The number of fused-ring (bicyclic) bond motifs is 1. The summed E-state index contributed by atoms with van der Waals surface area (Å²) < 4.78 is 38.6. The van der Waals surface area contributed by atoms with Gasteiger partial charge in [-0.15, -0.1) is 0 Å². The molecule has 4 aromatic rings. The van der Waals surface area contributed by atoms with Crippen molar-refractivity contribution in [3.63, 3.8) is 0 Å². The SMILES string of the molecule is Cc1cc2nc[nH]c2cc1-c1ccnc(Nc2cccc(C(F)(F)F)c2)n1. The van der Waals surface area contributed by atoms with Gasteiger partial charge in [0.1, 0.15) is 0 Å². The van der Waals surface area contributed by atoms with Crippen molar-refractivity contribution in [2.75, 3.05) is 5.32 Å². The molecule has 0 aliphatic heterocycles. The van der Waals surface area contributed by atoms with Crippen molar-refractivity contribution in [3.05, 3.63) is 66.1 Å². The Morgan fingerprint density at radius 3 is 2.70 bits per heavy atom. The van der Waals surface area contributed by atoms with Crippen LogP contribution < -0.4 is 5.32 Å². The third kappa shape index (κ3) is 3.46. The first-order chi connectivity index (χ1) is 12.9. The summed E-state index contributed by atoms with van der Waals surface area (Å²) in [5.41, 5.74) is 3.80. The number of nitrogens with zero attached hydrogens (tertiary/aromatic N) is 3. The Labute approximate surface area is 152 Å². The molecule has 8 heteroatoms. The topological polar surface area (TPSA) is 66.5 Å². The fourth-order valence-corrected chi connectivity index (χ4v) is 2.83. The zero-order valence-corrected chi connectivity index (χ0v) is 14.2. The predicted octanol–water partition coefficient (Wildman–Crippen LogP) is 5.09. The van der Waals surface area contributed by atoms with Crippen LogP contribution in [0.15, 0.2) is 55.0 Å². The van der Waals surface area contributed by atoms with Gasteiger partial charge in [-0.1, -0.05) is 6.07 Å². The minimum Gasteiger partial charge on any atom is -0.345 e. The molecule has 0 spiro atoms. The van der Waals surface area contributed by atoms with Gasteiger partial charge < -0.3 is 10.3 Å². The van der Waals surface area contributed by atoms with Gasteiger partial charge in [0.2, 0.25) is 5.95 Å². The lowest BCUT2D eigenvalue weighted by atomic mass is 10.0. The standard InChI is InChI=1S/C19H14F3N5/c1-11-7-16-17(25-10-24-16)9-14(11)15-5-6-23-18(27-15)26-13-4-2-3-12(8-13)19(20,21)22/h2-10H,1H3,(H,24,25)(H,23,26,27). The molecule has 27 heavy (non-hydrogen) atoms. The van der Waals surface area contributed by atoms with Gasteiger partial charge in [-0.3, -0.25) is 0 Å². The number of nitrogens with one attached hydrogen (secondary N) is 2. The lowest BCUT2D eigenvalue weighted by Gasteiger charge is -2.11. The number of aromatic nitrogens is 4. The van der Waals surface area contributed by atoms with Crippen LogP contribution >= 0.6 is 0 Å². The first-order valence-electron chi connectivity index (χ1n) is 8.11. The molecule has 2 N–H and O–H groups in total. The lowest BCUT2D eigenvalue weighted by Crippen LogP contribution is -2.05. The molecular weight excluding hydrogens is 355 g/mol. The van der Waals surface area contributed by atoms with Crippen molar-refractivity contribution in [3.8, 4) is 11.3 Å². The van der Waals surface area contributed by atoms with Crippen LogP contribution in [0.2, 0.25) is 0 Å². The monoisotopic (exact) mass is 369 g/mol. The summed E-state index contributed by atoms with van der Waals surface area (Å²) in [5.74, 6) is 0.218. The highest BCUT2D eigenvalue weighted by molar-refractivity contribution is 5.83. The lowest BCUT2D eigenvalue weighted by molar-refractivity contribution is -0.137. The van der Waals surface area contributed by atoms with Crippen LogP contribution in [-0.2, 0) is 6.18 Å². The Hall–Kier alpha value is -3.42.